The molecule has 0 aliphatic heterocycles. The Morgan fingerprint density at radius 3 is 2.76 bits per heavy atom. The van der Waals surface area contributed by atoms with Crippen LogP contribution in [0.3, 0.4) is 0 Å². The topological polar surface area (TPSA) is 50.1 Å². The standard InChI is InChI=1S/C12H22ClN3O/c1-4-7-14-8-6-12(3,17)11-10(13)9-15-16(11)5-2/h9,14,17H,4-8H2,1-3H3. The molecule has 0 aliphatic carbocycles. The maximum Gasteiger partial charge on any atom is 0.106 e. The Labute approximate surface area is 108 Å². The van der Waals surface area contributed by atoms with E-state index in [1.165, 1.54) is 0 Å². The number of hydrogen-bond acceptors (Lipinski definition) is 3. The van der Waals surface area contributed by atoms with Crippen molar-refractivity contribution < 1.29 is 5.11 Å². The summed E-state index contributed by atoms with van der Waals surface area (Å²) in [7, 11) is 0. The Balaban J connectivity index is 2.70. The van der Waals surface area contributed by atoms with Crippen molar-refractivity contribution in [2.45, 2.75) is 45.8 Å². The fraction of sp³-hybridized carbons (Fsp3) is 0.750. The molecule has 0 aliphatic rings. The summed E-state index contributed by atoms with van der Waals surface area (Å²) in [5, 5.41) is 18.4. The van der Waals surface area contributed by atoms with Crippen LogP contribution in [0.4, 0.5) is 0 Å². The Morgan fingerprint density at radius 1 is 1.47 bits per heavy atom. The molecule has 4 nitrogen and oxygen atoms in total. The van der Waals surface area contributed by atoms with E-state index < -0.39 is 5.60 Å². The lowest BCUT2D eigenvalue weighted by Gasteiger charge is -2.25. The molecule has 0 spiro atoms. The molecule has 0 aromatic carbocycles. The molecular formula is C12H22ClN3O. The number of aromatic nitrogens is 2. The Morgan fingerprint density at radius 2 is 2.18 bits per heavy atom. The van der Waals surface area contributed by atoms with E-state index in [1.54, 1.807) is 17.8 Å². The lowest BCUT2D eigenvalue weighted by molar-refractivity contribution is 0.0389. The highest BCUT2D eigenvalue weighted by molar-refractivity contribution is 6.31. The van der Waals surface area contributed by atoms with Crippen LogP contribution in [-0.4, -0.2) is 28.0 Å². The third-order valence-corrected chi connectivity index (χ3v) is 3.10. The molecule has 2 N–H and O–H groups in total. The van der Waals surface area contributed by atoms with Crippen LogP contribution in [0.15, 0.2) is 6.20 Å². The van der Waals surface area contributed by atoms with Gasteiger partial charge in [-0.15, -0.1) is 0 Å². The van der Waals surface area contributed by atoms with E-state index >= 15 is 0 Å². The van der Waals surface area contributed by atoms with Gasteiger partial charge in [0.1, 0.15) is 5.60 Å². The largest absolute Gasteiger partial charge is 0.384 e. The van der Waals surface area contributed by atoms with Crippen molar-refractivity contribution in [3.63, 3.8) is 0 Å². The zero-order valence-electron chi connectivity index (χ0n) is 10.8. The van der Waals surface area contributed by atoms with E-state index in [0.717, 1.165) is 19.5 Å². The van der Waals surface area contributed by atoms with Gasteiger partial charge in [0.25, 0.3) is 0 Å². The molecule has 17 heavy (non-hydrogen) atoms. The van der Waals surface area contributed by atoms with Gasteiger partial charge >= 0.3 is 0 Å². The second-order valence-electron chi connectivity index (χ2n) is 4.43. The van der Waals surface area contributed by atoms with Crippen molar-refractivity contribution in [3.8, 4) is 0 Å². The van der Waals surface area contributed by atoms with Crippen LogP contribution in [0, 0.1) is 0 Å². The lowest BCUT2D eigenvalue weighted by Crippen LogP contribution is -2.31. The molecule has 0 amide bonds. The third-order valence-electron chi connectivity index (χ3n) is 2.82. The highest BCUT2D eigenvalue weighted by atomic mass is 35.5. The summed E-state index contributed by atoms with van der Waals surface area (Å²) in [6, 6.07) is 0. The average molecular weight is 260 g/mol. The first kappa shape index (κ1) is 14.5. The van der Waals surface area contributed by atoms with Gasteiger partial charge in [-0.05, 0) is 39.8 Å². The fourth-order valence-electron chi connectivity index (χ4n) is 1.89. The number of aliphatic hydroxyl groups is 1. The minimum Gasteiger partial charge on any atom is -0.384 e. The van der Waals surface area contributed by atoms with Crippen molar-refractivity contribution in [1.82, 2.24) is 15.1 Å². The van der Waals surface area contributed by atoms with Crippen molar-refractivity contribution in [2.75, 3.05) is 13.1 Å². The maximum atomic E-state index is 10.5. The van der Waals surface area contributed by atoms with E-state index in [2.05, 4.69) is 17.3 Å². The van der Waals surface area contributed by atoms with Crippen molar-refractivity contribution in [2.24, 2.45) is 0 Å². The zero-order chi connectivity index (χ0) is 12.9. The van der Waals surface area contributed by atoms with Gasteiger partial charge < -0.3 is 10.4 Å². The molecular weight excluding hydrogens is 238 g/mol. The smallest absolute Gasteiger partial charge is 0.106 e. The monoisotopic (exact) mass is 259 g/mol. The SMILES string of the molecule is CCCNCCC(C)(O)c1c(Cl)cnn1CC. The number of nitrogens with one attached hydrogen (secondary N) is 1. The number of hydrogen-bond donors (Lipinski definition) is 2. The van der Waals surface area contributed by atoms with Gasteiger partial charge in [0.2, 0.25) is 0 Å². The number of aryl methyl sites for hydroxylation is 1. The van der Waals surface area contributed by atoms with Crippen molar-refractivity contribution in [1.29, 1.82) is 0 Å². The maximum absolute atomic E-state index is 10.5. The van der Waals surface area contributed by atoms with E-state index in [9.17, 15) is 5.11 Å². The molecule has 0 radical (unpaired) electrons. The summed E-state index contributed by atoms with van der Waals surface area (Å²) in [4.78, 5) is 0. The highest BCUT2D eigenvalue weighted by Gasteiger charge is 2.29. The summed E-state index contributed by atoms with van der Waals surface area (Å²) >= 11 is 6.08. The Bertz CT molecular complexity index is 350. The molecule has 0 saturated carbocycles. The number of nitrogens with zero attached hydrogens (tertiary/aromatic N) is 2. The Kier molecular flexibility index (Phi) is 5.43. The Hall–Kier alpha value is -0.580. The van der Waals surface area contributed by atoms with Crippen LogP contribution in [0.2, 0.25) is 5.02 Å². The second-order valence-corrected chi connectivity index (χ2v) is 4.84. The van der Waals surface area contributed by atoms with E-state index in [1.807, 2.05) is 6.92 Å². The molecule has 0 bridgehead atoms. The summed E-state index contributed by atoms with van der Waals surface area (Å²) in [6.07, 6.45) is 3.31. The molecule has 1 rings (SSSR count). The van der Waals surface area contributed by atoms with Crippen molar-refractivity contribution >= 4 is 11.6 Å². The first-order valence-electron chi connectivity index (χ1n) is 6.17. The molecule has 1 aromatic rings. The summed E-state index contributed by atoms with van der Waals surface area (Å²) < 4.78 is 1.75. The first-order valence-corrected chi connectivity index (χ1v) is 6.55. The molecule has 5 heteroatoms. The molecule has 0 saturated heterocycles. The predicted molar refractivity (Wildman–Crippen MR) is 70.3 cm³/mol. The summed E-state index contributed by atoms with van der Waals surface area (Å²) in [5.74, 6) is 0. The normalized spacial score (nSPS) is 14.9. The predicted octanol–water partition coefficient (Wildman–Crippen LogP) is 2.15. The van der Waals surface area contributed by atoms with Crippen LogP contribution in [0.1, 0.15) is 39.3 Å². The molecule has 0 fully saturated rings. The third kappa shape index (κ3) is 3.69. The van der Waals surface area contributed by atoms with E-state index in [-0.39, 0.29) is 0 Å². The first-order chi connectivity index (χ1) is 8.03. The van der Waals surface area contributed by atoms with Gasteiger partial charge in [0.15, 0.2) is 0 Å². The summed E-state index contributed by atoms with van der Waals surface area (Å²) in [5.41, 5.74) is -0.232. The van der Waals surface area contributed by atoms with Crippen LogP contribution in [0.5, 0.6) is 0 Å². The summed E-state index contributed by atoms with van der Waals surface area (Å²) in [6.45, 7) is 8.34. The minimum absolute atomic E-state index is 0.535. The zero-order valence-corrected chi connectivity index (χ0v) is 11.6. The van der Waals surface area contributed by atoms with Gasteiger partial charge in [-0.2, -0.15) is 5.10 Å². The average Bonchev–Trinajstić information content (AvgIpc) is 2.66. The van der Waals surface area contributed by atoms with Gasteiger partial charge in [-0.25, -0.2) is 0 Å². The molecule has 1 unspecified atom stereocenters. The van der Waals surface area contributed by atoms with Gasteiger partial charge in [-0.1, -0.05) is 18.5 Å². The van der Waals surface area contributed by atoms with Crippen LogP contribution >= 0.6 is 11.6 Å². The van der Waals surface area contributed by atoms with Crippen LogP contribution < -0.4 is 5.32 Å². The molecule has 1 atom stereocenters. The molecule has 98 valence electrons. The van der Waals surface area contributed by atoms with Gasteiger partial charge in [-0.3, -0.25) is 4.68 Å². The van der Waals surface area contributed by atoms with Crippen LogP contribution in [-0.2, 0) is 12.1 Å². The van der Waals surface area contributed by atoms with Crippen LogP contribution in [0.25, 0.3) is 0 Å². The molecule has 1 aromatic heterocycles. The number of halogens is 1. The quantitative estimate of drug-likeness (QED) is 0.738. The van der Waals surface area contributed by atoms with E-state index in [4.69, 9.17) is 11.6 Å². The minimum atomic E-state index is -0.940. The lowest BCUT2D eigenvalue weighted by atomic mass is 9.98. The van der Waals surface area contributed by atoms with Gasteiger partial charge in [0.05, 0.1) is 16.9 Å². The van der Waals surface area contributed by atoms with E-state index in [0.29, 0.717) is 23.7 Å². The highest BCUT2D eigenvalue weighted by Crippen LogP contribution is 2.30. The fourth-order valence-corrected chi connectivity index (χ4v) is 2.23. The second kappa shape index (κ2) is 6.38. The molecule has 1 heterocycles. The van der Waals surface area contributed by atoms with Crippen molar-refractivity contribution in [3.05, 3.63) is 16.9 Å². The van der Waals surface area contributed by atoms with Gasteiger partial charge in [0, 0.05) is 6.54 Å². The number of rotatable bonds is 7.